The number of hydrogen-bond donors (Lipinski definition) is 1. The molecule has 4 aromatic rings. The van der Waals surface area contributed by atoms with Gasteiger partial charge in [0, 0.05) is 10.8 Å². The van der Waals surface area contributed by atoms with Crippen molar-refractivity contribution in [1.29, 1.82) is 0 Å². The van der Waals surface area contributed by atoms with Crippen molar-refractivity contribution in [1.82, 2.24) is 20.1 Å². The van der Waals surface area contributed by atoms with Crippen molar-refractivity contribution in [3.05, 3.63) is 105 Å². The molecular formula is C23H16Cl2F2N4OS. The molecule has 0 fully saturated rings. The second kappa shape index (κ2) is 10.3. The Morgan fingerprint density at radius 2 is 1.76 bits per heavy atom. The molecule has 33 heavy (non-hydrogen) atoms. The number of thioether (sulfide) groups is 1. The summed E-state index contributed by atoms with van der Waals surface area (Å²) in [6.45, 7) is -0.0176. The molecular weight excluding hydrogens is 489 g/mol. The number of halogens is 4. The molecule has 0 aliphatic rings. The summed E-state index contributed by atoms with van der Waals surface area (Å²) in [5.41, 5.74) is 1.40. The summed E-state index contributed by atoms with van der Waals surface area (Å²) in [6, 6.07) is 16.9. The number of nitrogens with one attached hydrogen (secondary N) is 1. The zero-order chi connectivity index (χ0) is 23.4. The minimum Gasteiger partial charge on any atom is -0.345 e. The van der Waals surface area contributed by atoms with Crippen LogP contribution in [0.2, 0.25) is 10.0 Å². The lowest BCUT2D eigenvalue weighted by molar-refractivity contribution is 0.0945. The predicted molar refractivity (Wildman–Crippen MR) is 125 cm³/mol. The first-order chi connectivity index (χ1) is 15.9. The number of aromatic nitrogens is 3. The Hall–Kier alpha value is -2.94. The molecule has 10 heteroatoms. The Bertz CT molecular complexity index is 1300. The van der Waals surface area contributed by atoms with Crippen molar-refractivity contribution in [2.45, 2.75) is 17.5 Å². The average molecular weight is 505 g/mol. The fourth-order valence-corrected chi connectivity index (χ4v) is 4.45. The SMILES string of the molecule is O=C(NCc1nnc(SCc2ccc(F)cc2)n1-c1ccc(Cl)cc1Cl)c1ccccc1F. The van der Waals surface area contributed by atoms with Crippen LogP contribution in [0.5, 0.6) is 0 Å². The van der Waals surface area contributed by atoms with Crippen molar-refractivity contribution in [3.8, 4) is 5.69 Å². The summed E-state index contributed by atoms with van der Waals surface area (Å²) in [4.78, 5) is 12.5. The van der Waals surface area contributed by atoms with Crippen LogP contribution >= 0.6 is 35.0 Å². The summed E-state index contributed by atoms with van der Waals surface area (Å²) < 4.78 is 28.8. The first-order valence-corrected chi connectivity index (χ1v) is 11.5. The lowest BCUT2D eigenvalue weighted by Gasteiger charge is -2.13. The van der Waals surface area contributed by atoms with Gasteiger partial charge in [0.15, 0.2) is 11.0 Å². The molecule has 3 aromatic carbocycles. The monoisotopic (exact) mass is 504 g/mol. The van der Waals surface area contributed by atoms with Crippen LogP contribution in [0.3, 0.4) is 0 Å². The Balaban J connectivity index is 1.61. The van der Waals surface area contributed by atoms with E-state index in [1.807, 2.05) is 0 Å². The molecule has 5 nitrogen and oxygen atoms in total. The van der Waals surface area contributed by atoms with Gasteiger partial charge in [-0.3, -0.25) is 9.36 Å². The van der Waals surface area contributed by atoms with Gasteiger partial charge in [0.2, 0.25) is 0 Å². The Morgan fingerprint density at radius 3 is 2.48 bits per heavy atom. The van der Waals surface area contributed by atoms with E-state index in [1.165, 1.54) is 42.1 Å². The molecule has 0 aliphatic carbocycles. The summed E-state index contributed by atoms with van der Waals surface area (Å²) >= 11 is 13.8. The van der Waals surface area contributed by atoms with Gasteiger partial charge in [-0.15, -0.1) is 10.2 Å². The molecule has 0 aliphatic heterocycles. The third-order valence-electron chi connectivity index (χ3n) is 4.66. The van der Waals surface area contributed by atoms with E-state index in [4.69, 9.17) is 23.2 Å². The van der Waals surface area contributed by atoms with Crippen molar-refractivity contribution in [3.63, 3.8) is 0 Å². The molecule has 0 saturated carbocycles. The number of amides is 1. The number of hydrogen-bond acceptors (Lipinski definition) is 4. The van der Waals surface area contributed by atoms with Gasteiger partial charge in [0.05, 0.1) is 22.8 Å². The van der Waals surface area contributed by atoms with Gasteiger partial charge >= 0.3 is 0 Å². The summed E-state index contributed by atoms with van der Waals surface area (Å²) in [7, 11) is 0. The van der Waals surface area contributed by atoms with Crippen LogP contribution in [-0.4, -0.2) is 20.7 Å². The molecule has 168 valence electrons. The van der Waals surface area contributed by atoms with E-state index in [1.54, 1.807) is 41.0 Å². The molecule has 0 saturated heterocycles. The van der Waals surface area contributed by atoms with Crippen LogP contribution in [0.1, 0.15) is 21.7 Å². The van der Waals surface area contributed by atoms with E-state index in [-0.39, 0.29) is 17.9 Å². The molecule has 0 bridgehead atoms. The van der Waals surface area contributed by atoms with E-state index in [0.717, 1.165) is 5.56 Å². The van der Waals surface area contributed by atoms with Crippen LogP contribution in [0, 0.1) is 11.6 Å². The zero-order valence-electron chi connectivity index (χ0n) is 16.9. The molecule has 1 N–H and O–H groups in total. The fraction of sp³-hybridized carbons (Fsp3) is 0.0870. The maximum atomic E-state index is 13.9. The Morgan fingerprint density at radius 1 is 1.00 bits per heavy atom. The average Bonchev–Trinajstić information content (AvgIpc) is 3.20. The van der Waals surface area contributed by atoms with Gasteiger partial charge in [0.25, 0.3) is 5.91 Å². The highest BCUT2D eigenvalue weighted by Crippen LogP contribution is 2.30. The van der Waals surface area contributed by atoms with Crippen molar-refractivity contribution in [2.75, 3.05) is 0 Å². The number of carbonyl (C=O) groups is 1. The lowest BCUT2D eigenvalue weighted by Crippen LogP contribution is -2.25. The Labute approximate surface area is 202 Å². The molecule has 4 rings (SSSR count). The third kappa shape index (κ3) is 5.52. The maximum absolute atomic E-state index is 13.9. The van der Waals surface area contributed by atoms with Crippen LogP contribution < -0.4 is 5.32 Å². The molecule has 0 unspecified atom stereocenters. The fourth-order valence-electron chi connectivity index (χ4n) is 3.04. The molecule has 1 amide bonds. The minimum absolute atomic E-state index is 0.0176. The number of carbonyl (C=O) groups excluding carboxylic acids is 1. The Kier molecular flexibility index (Phi) is 7.27. The van der Waals surface area contributed by atoms with Gasteiger partial charge in [0.1, 0.15) is 11.6 Å². The van der Waals surface area contributed by atoms with Crippen molar-refractivity contribution in [2.24, 2.45) is 0 Å². The molecule has 0 radical (unpaired) electrons. The van der Waals surface area contributed by atoms with E-state index >= 15 is 0 Å². The van der Waals surface area contributed by atoms with Crippen LogP contribution in [0.15, 0.2) is 71.9 Å². The van der Waals surface area contributed by atoms with Gasteiger partial charge in [-0.2, -0.15) is 0 Å². The number of rotatable bonds is 7. The molecule has 0 spiro atoms. The largest absolute Gasteiger partial charge is 0.345 e. The molecule has 1 heterocycles. The van der Waals surface area contributed by atoms with Gasteiger partial charge in [-0.05, 0) is 48.0 Å². The van der Waals surface area contributed by atoms with E-state index in [9.17, 15) is 13.6 Å². The van der Waals surface area contributed by atoms with E-state index < -0.39 is 11.7 Å². The first kappa shape index (κ1) is 23.2. The second-order valence-electron chi connectivity index (χ2n) is 6.91. The van der Waals surface area contributed by atoms with Crippen LogP contribution in [-0.2, 0) is 12.3 Å². The minimum atomic E-state index is -0.618. The smallest absolute Gasteiger partial charge is 0.254 e. The molecule has 0 atom stereocenters. The lowest BCUT2D eigenvalue weighted by atomic mass is 10.2. The first-order valence-electron chi connectivity index (χ1n) is 9.72. The number of benzene rings is 3. The van der Waals surface area contributed by atoms with Gasteiger partial charge in [-0.1, -0.05) is 59.2 Å². The summed E-state index contributed by atoms with van der Waals surface area (Å²) in [5.74, 6) is -0.609. The summed E-state index contributed by atoms with van der Waals surface area (Å²) in [5, 5.41) is 12.5. The van der Waals surface area contributed by atoms with Gasteiger partial charge in [-0.25, -0.2) is 8.78 Å². The zero-order valence-corrected chi connectivity index (χ0v) is 19.3. The molecule has 1 aromatic heterocycles. The van der Waals surface area contributed by atoms with E-state index in [2.05, 4.69) is 15.5 Å². The van der Waals surface area contributed by atoms with Crippen LogP contribution in [0.25, 0.3) is 5.69 Å². The maximum Gasteiger partial charge on any atom is 0.254 e. The third-order valence-corrected chi connectivity index (χ3v) is 6.20. The normalized spacial score (nSPS) is 10.9. The predicted octanol–water partition coefficient (Wildman–Crippen LogP) is 6.07. The number of nitrogens with zero attached hydrogens (tertiary/aromatic N) is 3. The standard InChI is InChI=1S/C23H16Cl2F2N4OS/c24-15-7-10-20(18(25)11-15)31-21(12-28-22(32)17-3-1-2-4-19(17)27)29-30-23(31)33-13-14-5-8-16(26)9-6-14/h1-11H,12-13H2,(H,28,32). The second-order valence-corrected chi connectivity index (χ2v) is 8.69. The summed E-state index contributed by atoms with van der Waals surface area (Å²) in [6.07, 6.45) is 0. The highest BCUT2D eigenvalue weighted by Gasteiger charge is 2.19. The van der Waals surface area contributed by atoms with Crippen LogP contribution in [0.4, 0.5) is 8.78 Å². The highest BCUT2D eigenvalue weighted by atomic mass is 35.5. The van der Waals surface area contributed by atoms with E-state index in [0.29, 0.717) is 32.5 Å². The topological polar surface area (TPSA) is 59.8 Å². The van der Waals surface area contributed by atoms with Crippen molar-refractivity contribution >= 4 is 40.9 Å². The quantitative estimate of drug-likeness (QED) is 0.310. The van der Waals surface area contributed by atoms with Crippen molar-refractivity contribution < 1.29 is 13.6 Å². The van der Waals surface area contributed by atoms with Gasteiger partial charge < -0.3 is 5.32 Å². The highest BCUT2D eigenvalue weighted by molar-refractivity contribution is 7.98.